The number of anilines is 3. The van der Waals surface area contributed by atoms with Gasteiger partial charge >= 0.3 is 0 Å². The molecule has 3 aromatic rings. The Bertz CT molecular complexity index is 1520. The van der Waals surface area contributed by atoms with Gasteiger partial charge in [0.2, 0.25) is 5.75 Å². The summed E-state index contributed by atoms with van der Waals surface area (Å²) in [6.07, 6.45) is 5.86. The second-order valence-corrected chi connectivity index (χ2v) is 8.85. The number of aromatic nitrogens is 1. The molecule has 1 atom stereocenters. The number of carbonyl (C=O) groups excluding carboxylic acids is 2. The van der Waals surface area contributed by atoms with E-state index in [0.29, 0.717) is 24.8 Å². The minimum atomic E-state index is -0.853. The predicted octanol–water partition coefficient (Wildman–Crippen LogP) is 5.18. The van der Waals surface area contributed by atoms with Gasteiger partial charge in [0.15, 0.2) is 23.1 Å². The van der Waals surface area contributed by atoms with Gasteiger partial charge in [0.25, 0.3) is 11.8 Å². The lowest BCUT2D eigenvalue weighted by Gasteiger charge is -2.20. The maximum Gasteiger partial charge on any atom is 0.267 e. The minimum absolute atomic E-state index is 0.0161. The van der Waals surface area contributed by atoms with E-state index in [9.17, 15) is 18.4 Å². The Hall–Kier alpha value is -4.13. The summed E-state index contributed by atoms with van der Waals surface area (Å²) in [4.78, 5) is 36.4. The molecule has 11 nitrogen and oxygen atoms in total. The van der Waals surface area contributed by atoms with E-state index in [1.54, 1.807) is 6.08 Å². The summed E-state index contributed by atoms with van der Waals surface area (Å²) in [7, 11) is 2.17. The highest BCUT2D eigenvalue weighted by Crippen LogP contribution is 2.34. The molecule has 0 saturated heterocycles. The zero-order valence-corrected chi connectivity index (χ0v) is 24.2. The average Bonchev–Trinajstić information content (AvgIpc) is 3.13. The normalized spacial score (nSPS) is 12.8. The van der Waals surface area contributed by atoms with Gasteiger partial charge in [0.1, 0.15) is 16.4 Å². The number of nitrogens with zero attached hydrogens (tertiary/aromatic N) is 2. The highest BCUT2D eigenvalue weighted by atomic mass is 35.5. The summed E-state index contributed by atoms with van der Waals surface area (Å²) < 4.78 is 34.3. The molecule has 2 heterocycles. The number of nitrogen functional groups attached to an aromatic ring is 1. The topological polar surface area (TPSA) is 164 Å². The van der Waals surface area contributed by atoms with E-state index in [-0.39, 0.29) is 39.3 Å². The molecule has 2 aromatic carbocycles. The molecular formula is C27H28ClF2N5O6P+. The molecule has 1 unspecified atom stereocenters. The van der Waals surface area contributed by atoms with E-state index >= 15 is 0 Å². The van der Waals surface area contributed by atoms with Crippen molar-refractivity contribution < 1.29 is 43.8 Å². The summed E-state index contributed by atoms with van der Waals surface area (Å²) in [6, 6.07) is 8.53. The molecule has 2 amide bonds. The van der Waals surface area contributed by atoms with E-state index in [0.717, 1.165) is 23.1 Å². The number of hydrogen-bond donors (Lipinski definition) is 4. The number of amides is 2. The lowest BCUT2D eigenvalue weighted by atomic mass is 9.99. The molecule has 222 valence electrons. The van der Waals surface area contributed by atoms with Crippen LogP contribution in [0.25, 0.3) is 0 Å². The van der Waals surface area contributed by atoms with Crippen molar-refractivity contribution >= 4 is 50.0 Å². The van der Waals surface area contributed by atoms with E-state index in [1.165, 1.54) is 36.7 Å². The Labute approximate surface area is 246 Å². The van der Waals surface area contributed by atoms with Gasteiger partial charge in [-0.25, -0.2) is 19.0 Å². The van der Waals surface area contributed by atoms with Crippen LogP contribution in [0, 0.1) is 11.6 Å². The molecule has 0 spiro atoms. The van der Waals surface area contributed by atoms with Gasteiger partial charge in [-0.3, -0.25) is 14.5 Å². The zero-order chi connectivity index (χ0) is 30.8. The summed E-state index contributed by atoms with van der Waals surface area (Å²) in [5, 5.41) is 14.7. The van der Waals surface area contributed by atoms with Crippen LogP contribution in [-0.2, 0) is 14.6 Å². The fraction of sp³-hybridized carbons (Fsp3) is 0.148. The smallest absolute Gasteiger partial charge is 0.267 e. The van der Waals surface area contributed by atoms with Gasteiger partial charge in [-0.05, 0) is 47.7 Å². The van der Waals surface area contributed by atoms with Gasteiger partial charge in [-0.2, -0.15) is 0 Å². The molecule has 0 bridgehead atoms. The van der Waals surface area contributed by atoms with Crippen molar-refractivity contribution in [3.8, 4) is 17.2 Å². The molecule has 0 aliphatic carbocycles. The third kappa shape index (κ3) is 7.58. The van der Waals surface area contributed by atoms with Gasteiger partial charge in [-0.15, -0.1) is 0 Å². The first-order valence-electron chi connectivity index (χ1n) is 12.3. The van der Waals surface area contributed by atoms with E-state index in [4.69, 9.17) is 27.3 Å². The Morgan fingerprint density at radius 1 is 1.17 bits per heavy atom. The number of ether oxygens (including phenoxy) is 1. The lowest BCUT2D eigenvalue weighted by Crippen LogP contribution is -2.32. The molecule has 42 heavy (non-hydrogen) atoms. The highest BCUT2D eigenvalue weighted by molar-refractivity contribution is 7.06. The summed E-state index contributed by atoms with van der Waals surface area (Å²) in [5.74, 6) is -3.69. The maximum absolute atomic E-state index is 14.9. The number of quaternary nitrogens is 1. The van der Waals surface area contributed by atoms with E-state index in [1.807, 2.05) is 6.92 Å². The summed E-state index contributed by atoms with van der Waals surface area (Å²) in [6.45, 7) is 1.90. The first-order chi connectivity index (χ1) is 20.2. The molecule has 0 fully saturated rings. The van der Waals surface area contributed by atoms with E-state index in [2.05, 4.69) is 35.1 Å². The molecule has 0 radical (unpaired) electrons. The van der Waals surface area contributed by atoms with Crippen molar-refractivity contribution in [1.82, 2.24) is 4.98 Å². The van der Waals surface area contributed by atoms with E-state index < -0.39 is 29.2 Å². The average molecular weight is 623 g/mol. The summed E-state index contributed by atoms with van der Waals surface area (Å²) >= 11 is 6.06. The number of carbonyl (C=O) groups is 2. The number of benzene rings is 2. The Morgan fingerprint density at radius 2 is 1.93 bits per heavy atom. The number of pyridine rings is 1. The molecule has 15 heteroatoms. The van der Waals surface area contributed by atoms with Crippen LogP contribution >= 0.6 is 21.0 Å². The molecule has 0 saturated carbocycles. The quantitative estimate of drug-likeness (QED) is 0.110. The molecular weight excluding hydrogens is 595 g/mol. The van der Waals surface area contributed by atoms with Gasteiger partial charge in [-0.1, -0.05) is 31.0 Å². The first kappa shape index (κ1) is 32.4. The van der Waals surface area contributed by atoms with Crippen molar-refractivity contribution in [2.24, 2.45) is 0 Å². The van der Waals surface area contributed by atoms with Crippen LogP contribution in [-0.4, -0.2) is 22.1 Å². The van der Waals surface area contributed by atoms with Crippen LogP contribution in [0.4, 0.5) is 26.0 Å². The second kappa shape index (κ2) is 15.2. The SMILES string of the molecule is CCCC1=C(C(=O)Nc2ccc(Oc3ccnc(N)c3Cl)c(F)c2)C(=O)N(c2ccc(F)c(OOO)c2)C=CC1.[NH3+]P. The van der Waals surface area contributed by atoms with Crippen LogP contribution in [0.3, 0.4) is 0 Å². The summed E-state index contributed by atoms with van der Waals surface area (Å²) in [5.41, 5.74) is 9.42. The predicted molar refractivity (Wildman–Crippen MR) is 155 cm³/mol. The van der Waals surface area contributed by atoms with Gasteiger partial charge < -0.3 is 26.2 Å². The number of nitrogens with one attached hydrogen (secondary N) is 1. The van der Waals surface area contributed by atoms with Crippen molar-refractivity contribution in [2.75, 3.05) is 16.0 Å². The molecule has 1 aliphatic heterocycles. The monoisotopic (exact) mass is 622 g/mol. The standard InChI is InChI=1S/C27H23ClF2N4O6.H4NP/c1-2-4-15-5-3-12-34(17-7-8-18(29)22(14-17)39-40-37)27(36)23(15)26(35)33-16-6-9-20(19(30)13-16)38-21-10-11-32-25(31)24(21)28;1-2/h3,6-14,37H,2,4-5H2,1H3,(H2,31,32)(H,33,35);1-2H2/p+1. The highest BCUT2D eigenvalue weighted by Gasteiger charge is 2.30. The Balaban J connectivity index is 0.00000237. The first-order valence-corrected chi connectivity index (χ1v) is 13.5. The minimum Gasteiger partial charge on any atom is -0.453 e. The van der Waals surface area contributed by atoms with Crippen LogP contribution in [0.15, 0.2) is 72.1 Å². The number of hydrogen-bond acceptors (Lipinski definition) is 8. The number of allylic oxidation sites excluding steroid dienone is 2. The van der Waals surface area contributed by atoms with Gasteiger partial charge in [0.05, 0.1) is 15.1 Å². The van der Waals surface area contributed by atoms with Gasteiger partial charge in [0, 0.05) is 36.3 Å². The molecule has 4 rings (SSSR count). The third-order valence-electron chi connectivity index (χ3n) is 5.79. The van der Waals surface area contributed by atoms with Crippen LogP contribution < -0.4 is 31.1 Å². The number of halogens is 3. The third-order valence-corrected chi connectivity index (χ3v) is 6.17. The zero-order valence-electron chi connectivity index (χ0n) is 22.3. The van der Waals surface area contributed by atoms with Crippen LogP contribution in [0.1, 0.15) is 26.2 Å². The van der Waals surface area contributed by atoms with Crippen molar-refractivity contribution in [3.05, 3.63) is 88.7 Å². The number of rotatable bonds is 9. The van der Waals surface area contributed by atoms with Crippen molar-refractivity contribution in [3.63, 3.8) is 0 Å². The second-order valence-electron chi connectivity index (χ2n) is 8.47. The Kier molecular flexibility index (Phi) is 11.7. The van der Waals surface area contributed by atoms with Crippen molar-refractivity contribution in [1.29, 1.82) is 0 Å². The molecule has 7 N–H and O–H groups in total. The maximum atomic E-state index is 14.9. The Morgan fingerprint density at radius 3 is 2.62 bits per heavy atom. The largest absolute Gasteiger partial charge is 0.453 e. The fourth-order valence-electron chi connectivity index (χ4n) is 3.97. The molecule has 1 aromatic heterocycles. The lowest BCUT2D eigenvalue weighted by molar-refractivity contribution is -0.439. The fourth-order valence-corrected chi connectivity index (χ4v) is 4.12. The van der Waals surface area contributed by atoms with Crippen molar-refractivity contribution in [2.45, 2.75) is 26.2 Å². The molecule has 1 aliphatic rings. The number of nitrogens with two attached hydrogens (primary N) is 1. The van der Waals surface area contributed by atoms with Crippen LogP contribution in [0.2, 0.25) is 5.02 Å². The van der Waals surface area contributed by atoms with Crippen LogP contribution in [0.5, 0.6) is 17.2 Å².